The van der Waals surface area contributed by atoms with E-state index in [9.17, 15) is 4.39 Å². The Balaban J connectivity index is 2.28. The monoisotopic (exact) mass is 295 g/mol. The fourth-order valence-corrected chi connectivity index (χ4v) is 1.81. The van der Waals surface area contributed by atoms with Crippen molar-refractivity contribution < 1.29 is 4.39 Å². The third-order valence-corrected chi connectivity index (χ3v) is 3.00. The molecular formula is C12H11BrFN3. The number of benzene rings is 1. The summed E-state index contributed by atoms with van der Waals surface area (Å²) in [7, 11) is 0. The Bertz CT molecular complexity index is 557. The summed E-state index contributed by atoms with van der Waals surface area (Å²) in [5.74, 6) is 0.382. The van der Waals surface area contributed by atoms with Gasteiger partial charge < -0.3 is 11.1 Å². The SMILES string of the molecule is Cc1cc(Nc2ccc(F)cc2Br)ncc1N. The zero-order valence-corrected chi connectivity index (χ0v) is 10.8. The van der Waals surface area contributed by atoms with Crippen LogP contribution in [-0.2, 0) is 0 Å². The van der Waals surface area contributed by atoms with Crippen LogP contribution < -0.4 is 11.1 Å². The molecule has 1 aromatic heterocycles. The van der Waals surface area contributed by atoms with Crippen molar-refractivity contribution >= 4 is 33.1 Å². The average Bonchev–Trinajstić information content (AvgIpc) is 2.27. The van der Waals surface area contributed by atoms with Crippen LogP contribution >= 0.6 is 15.9 Å². The van der Waals surface area contributed by atoms with Crippen LogP contribution in [0.5, 0.6) is 0 Å². The fourth-order valence-electron chi connectivity index (χ4n) is 1.36. The van der Waals surface area contributed by atoms with Gasteiger partial charge in [-0.1, -0.05) is 0 Å². The molecular weight excluding hydrogens is 285 g/mol. The third kappa shape index (κ3) is 2.74. The van der Waals surface area contributed by atoms with Gasteiger partial charge in [0, 0.05) is 4.47 Å². The molecule has 0 aliphatic carbocycles. The van der Waals surface area contributed by atoms with Gasteiger partial charge in [-0.05, 0) is 52.7 Å². The standard InChI is InChI=1S/C12H11BrFN3/c1-7-4-12(16-6-10(7)15)17-11-3-2-8(14)5-9(11)13/h2-6H,15H2,1H3,(H,16,17). The molecule has 0 bridgehead atoms. The molecule has 0 saturated carbocycles. The van der Waals surface area contributed by atoms with Gasteiger partial charge in [-0.3, -0.25) is 0 Å². The Kier molecular flexibility index (Phi) is 3.28. The van der Waals surface area contributed by atoms with E-state index in [0.29, 0.717) is 16.0 Å². The smallest absolute Gasteiger partial charge is 0.130 e. The van der Waals surface area contributed by atoms with Gasteiger partial charge in [0.2, 0.25) is 0 Å². The van der Waals surface area contributed by atoms with Gasteiger partial charge in [-0.2, -0.15) is 0 Å². The molecule has 0 aliphatic rings. The number of hydrogen-bond donors (Lipinski definition) is 2. The highest BCUT2D eigenvalue weighted by Gasteiger charge is 2.03. The number of nitrogens with zero attached hydrogens (tertiary/aromatic N) is 1. The Hall–Kier alpha value is -1.62. The minimum absolute atomic E-state index is 0.288. The highest BCUT2D eigenvalue weighted by Crippen LogP contribution is 2.26. The second-order valence-corrected chi connectivity index (χ2v) is 4.53. The van der Waals surface area contributed by atoms with Crippen molar-refractivity contribution in [1.82, 2.24) is 4.98 Å². The molecule has 3 nitrogen and oxygen atoms in total. The first-order valence-corrected chi connectivity index (χ1v) is 5.80. The molecule has 1 heterocycles. The first-order chi connectivity index (χ1) is 8.06. The van der Waals surface area contributed by atoms with Gasteiger partial charge in [0.1, 0.15) is 11.6 Å². The molecule has 5 heteroatoms. The van der Waals surface area contributed by atoms with Crippen LogP contribution in [0.25, 0.3) is 0 Å². The summed E-state index contributed by atoms with van der Waals surface area (Å²) in [5.41, 5.74) is 8.03. The van der Waals surface area contributed by atoms with Crippen molar-refractivity contribution in [2.24, 2.45) is 0 Å². The summed E-state index contributed by atoms with van der Waals surface area (Å²) in [6, 6.07) is 6.27. The van der Waals surface area contributed by atoms with E-state index in [2.05, 4.69) is 26.2 Å². The third-order valence-electron chi connectivity index (χ3n) is 2.35. The van der Waals surface area contributed by atoms with Gasteiger partial charge in [0.25, 0.3) is 0 Å². The maximum atomic E-state index is 12.9. The molecule has 0 spiro atoms. The van der Waals surface area contributed by atoms with Crippen LogP contribution in [0.15, 0.2) is 34.9 Å². The number of rotatable bonds is 2. The van der Waals surface area contributed by atoms with E-state index in [-0.39, 0.29) is 5.82 Å². The Labute approximate surface area is 107 Å². The first kappa shape index (κ1) is 11.9. The van der Waals surface area contributed by atoms with E-state index in [4.69, 9.17) is 5.73 Å². The number of nitrogens with one attached hydrogen (secondary N) is 1. The van der Waals surface area contributed by atoms with E-state index in [0.717, 1.165) is 11.3 Å². The maximum Gasteiger partial charge on any atom is 0.130 e. The van der Waals surface area contributed by atoms with Crippen LogP contribution in [0.1, 0.15) is 5.56 Å². The summed E-state index contributed by atoms with van der Waals surface area (Å²) < 4.78 is 13.6. The molecule has 2 aromatic rings. The highest BCUT2D eigenvalue weighted by atomic mass is 79.9. The number of hydrogen-bond acceptors (Lipinski definition) is 3. The highest BCUT2D eigenvalue weighted by molar-refractivity contribution is 9.10. The van der Waals surface area contributed by atoms with Crippen LogP contribution in [0.2, 0.25) is 0 Å². The van der Waals surface area contributed by atoms with E-state index < -0.39 is 0 Å². The van der Waals surface area contributed by atoms with E-state index in [1.165, 1.54) is 12.1 Å². The predicted octanol–water partition coefficient (Wildman–Crippen LogP) is 3.62. The second kappa shape index (κ2) is 4.71. The molecule has 3 N–H and O–H groups in total. The van der Waals surface area contributed by atoms with Crippen LogP contribution in [0, 0.1) is 12.7 Å². The molecule has 0 aliphatic heterocycles. The van der Waals surface area contributed by atoms with Gasteiger partial charge in [0.15, 0.2) is 0 Å². The minimum Gasteiger partial charge on any atom is -0.397 e. The van der Waals surface area contributed by atoms with Gasteiger partial charge in [-0.15, -0.1) is 0 Å². The number of nitrogen functional groups attached to an aromatic ring is 1. The normalized spacial score (nSPS) is 10.3. The summed E-state index contributed by atoms with van der Waals surface area (Å²) in [6.07, 6.45) is 1.59. The van der Waals surface area contributed by atoms with Crippen molar-refractivity contribution in [1.29, 1.82) is 0 Å². The quantitative estimate of drug-likeness (QED) is 0.890. The van der Waals surface area contributed by atoms with Crippen LogP contribution in [0.4, 0.5) is 21.6 Å². The summed E-state index contributed by atoms with van der Waals surface area (Å²) in [4.78, 5) is 4.15. The first-order valence-electron chi connectivity index (χ1n) is 5.00. The van der Waals surface area contributed by atoms with Gasteiger partial charge in [0.05, 0.1) is 17.6 Å². The number of pyridine rings is 1. The molecule has 0 radical (unpaired) electrons. The summed E-state index contributed by atoms with van der Waals surface area (Å²) >= 11 is 3.28. The lowest BCUT2D eigenvalue weighted by atomic mass is 10.2. The zero-order valence-electron chi connectivity index (χ0n) is 9.17. The number of aryl methyl sites for hydroxylation is 1. The van der Waals surface area contributed by atoms with Gasteiger partial charge in [-0.25, -0.2) is 9.37 Å². The molecule has 0 unspecified atom stereocenters. The number of anilines is 3. The topological polar surface area (TPSA) is 50.9 Å². The predicted molar refractivity (Wildman–Crippen MR) is 70.8 cm³/mol. The van der Waals surface area contributed by atoms with Crippen LogP contribution in [0.3, 0.4) is 0 Å². The average molecular weight is 296 g/mol. The minimum atomic E-state index is -0.288. The van der Waals surface area contributed by atoms with E-state index in [1.54, 1.807) is 12.3 Å². The Morgan fingerprint density at radius 2 is 2.12 bits per heavy atom. The molecule has 0 fully saturated rings. The van der Waals surface area contributed by atoms with E-state index in [1.807, 2.05) is 13.0 Å². The van der Waals surface area contributed by atoms with Crippen molar-refractivity contribution in [3.63, 3.8) is 0 Å². The number of halogens is 2. The van der Waals surface area contributed by atoms with Crippen molar-refractivity contribution in [3.8, 4) is 0 Å². The fraction of sp³-hybridized carbons (Fsp3) is 0.0833. The van der Waals surface area contributed by atoms with Crippen LogP contribution in [-0.4, -0.2) is 4.98 Å². The lowest BCUT2D eigenvalue weighted by Crippen LogP contribution is -1.98. The Morgan fingerprint density at radius 1 is 1.35 bits per heavy atom. The lowest BCUT2D eigenvalue weighted by Gasteiger charge is -2.09. The molecule has 1 aromatic carbocycles. The van der Waals surface area contributed by atoms with Crippen molar-refractivity contribution in [3.05, 3.63) is 46.3 Å². The van der Waals surface area contributed by atoms with Gasteiger partial charge >= 0.3 is 0 Å². The second-order valence-electron chi connectivity index (χ2n) is 3.68. The lowest BCUT2D eigenvalue weighted by molar-refractivity contribution is 0.627. The van der Waals surface area contributed by atoms with E-state index >= 15 is 0 Å². The summed E-state index contributed by atoms with van der Waals surface area (Å²) in [6.45, 7) is 1.90. The Morgan fingerprint density at radius 3 is 2.76 bits per heavy atom. The number of aromatic nitrogens is 1. The van der Waals surface area contributed by atoms with Crippen molar-refractivity contribution in [2.75, 3.05) is 11.1 Å². The molecule has 0 amide bonds. The molecule has 0 atom stereocenters. The zero-order chi connectivity index (χ0) is 12.4. The maximum absolute atomic E-state index is 12.9. The number of nitrogens with two attached hydrogens (primary N) is 1. The molecule has 88 valence electrons. The van der Waals surface area contributed by atoms with Crippen molar-refractivity contribution in [2.45, 2.75) is 6.92 Å². The molecule has 2 rings (SSSR count). The molecule has 17 heavy (non-hydrogen) atoms. The largest absolute Gasteiger partial charge is 0.397 e. The molecule has 0 saturated heterocycles. The summed E-state index contributed by atoms with van der Waals surface area (Å²) in [5, 5.41) is 3.09.